The number of piperidine rings is 1. The van der Waals surface area contributed by atoms with Crippen LogP contribution < -0.4 is 5.32 Å². The molecule has 6 nitrogen and oxygen atoms in total. The van der Waals surface area contributed by atoms with Crippen molar-refractivity contribution in [2.24, 2.45) is 0 Å². The minimum atomic E-state index is -0.282. The smallest absolute Gasteiger partial charge is 0.254 e. The third-order valence-electron chi connectivity index (χ3n) is 3.30. The maximum atomic E-state index is 5.38. The van der Waals surface area contributed by atoms with E-state index in [4.69, 9.17) is 4.52 Å². The van der Waals surface area contributed by atoms with Crippen molar-refractivity contribution in [1.82, 2.24) is 25.2 Å². The normalized spacial score (nSPS) is 19.4. The van der Waals surface area contributed by atoms with Crippen molar-refractivity contribution in [3.8, 4) is 0 Å². The highest BCUT2D eigenvalue weighted by Gasteiger charge is 2.41. The Balaban J connectivity index is 2.07. The fourth-order valence-electron chi connectivity index (χ4n) is 2.39. The van der Waals surface area contributed by atoms with E-state index in [0.717, 1.165) is 25.9 Å². The zero-order valence-corrected chi connectivity index (χ0v) is 9.76. The number of aryl methyl sites for hydroxylation is 1. The number of aromatic nitrogens is 4. The fourth-order valence-corrected chi connectivity index (χ4v) is 2.39. The van der Waals surface area contributed by atoms with Crippen molar-refractivity contribution in [3.05, 3.63) is 30.2 Å². The van der Waals surface area contributed by atoms with Gasteiger partial charge in [0.1, 0.15) is 5.54 Å². The Labute approximate surface area is 99.0 Å². The van der Waals surface area contributed by atoms with Gasteiger partial charge in [0.05, 0.1) is 0 Å². The van der Waals surface area contributed by atoms with Crippen LogP contribution in [0.25, 0.3) is 0 Å². The average Bonchev–Trinajstić information content (AvgIpc) is 3.01. The molecule has 2 aromatic rings. The fraction of sp³-hybridized carbons (Fsp3) is 0.545. The molecule has 2 aromatic heterocycles. The molecule has 90 valence electrons. The third kappa shape index (κ3) is 1.64. The topological polar surface area (TPSA) is 68.8 Å². The summed E-state index contributed by atoms with van der Waals surface area (Å²) in [4.78, 5) is 4.40. The van der Waals surface area contributed by atoms with E-state index < -0.39 is 0 Å². The number of nitrogens with one attached hydrogen (secondary N) is 1. The van der Waals surface area contributed by atoms with Gasteiger partial charge in [-0.05, 0) is 38.9 Å². The molecule has 3 heterocycles. The summed E-state index contributed by atoms with van der Waals surface area (Å²) < 4.78 is 7.33. The van der Waals surface area contributed by atoms with Gasteiger partial charge in [0.25, 0.3) is 5.89 Å². The van der Waals surface area contributed by atoms with Crippen LogP contribution in [0.2, 0.25) is 0 Å². The quantitative estimate of drug-likeness (QED) is 0.827. The molecule has 3 rings (SSSR count). The van der Waals surface area contributed by atoms with Crippen LogP contribution in [0, 0.1) is 6.92 Å². The predicted molar refractivity (Wildman–Crippen MR) is 60.4 cm³/mol. The zero-order valence-electron chi connectivity index (χ0n) is 9.76. The molecule has 0 aromatic carbocycles. The molecule has 1 saturated heterocycles. The van der Waals surface area contributed by atoms with Gasteiger partial charge in [0, 0.05) is 12.4 Å². The van der Waals surface area contributed by atoms with Crippen LogP contribution in [0.3, 0.4) is 0 Å². The van der Waals surface area contributed by atoms with Crippen LogP contribution in [-0.2, 0) is 5.54 Å². The predicted octanol–water partition coefficient (Wildman–Crippen LogP) is 0.702. The molecule has 1 aliphatic heterocycles. The molecule has 1 fully saturated rings. The van der Waals surface area contributed by atoms with Crippen molar-refractivity contribution in [2.75, 3.05) is 13.1 Å². The second-order valence-electron chi connectivity index (χ2n) is 4.38. The van der Waals surface area contributed by atoms with E-state index in [2.05, 4.69) is 20.6 Å². The Bertz CT molecular complexity index is 484. The average molecular weight is 233 g/mol. The van der Waals surface area contributed by atoms with Crippen LogP contribution in [0.1, 0.15) is 24.6 Å². The summed E-state index contributed by atoms with van der Waals surface area (Å²) in [5.74, 6) is 1.34. The van der Waals surface area contributed by atoms with Gasteiger partial charge >= 0.3 is 0 Å². The Morgan fingerprint density at radius 3 is 2.82 bits per heavy atom. The second kappa shape index (κ2) is 3.96. The van der Waals surface area contributed by atoms with E-state index in [-0.39, 0.29) is 5.54 Å². The highest BCUT2D eigenvalue weighted by molar-refractivity contribution is 5.08. The van der Waals surface area contributed by atoms with Gasteiger partial charge in [-0.2, -0.15) is 10.1 Å². The van der Waals surface area contributed by atoms with E-state index in [0.29, 0.717) is 11.7 Å². The summed E-state index contributed by atoms with van der Waals surface area (Å²) >= 11 is 0. The molecule has 0 saturated carbocycles. The lowest BCUT2D eigenvalue weighted by molar-refractivity contribution is 0.172. The van der Waals surface area contributed by atoms with Crippen molar-refractivity contribution in [3.63, 3.8) is 0 Å². The Kier molecular flexibility index (Phi) is 2.44. The standard InChI is InChI=1S/C11H15N5O/c1-9-14-10(17-15-9)11(3-6-12-7-4-11)16-8-2-5-13-16/h2,5,8,12H,3-4,6-7H2,1H3. The molecule has 0 spiro atoms. The first kappa shape index (κ1) is 10.5. The summed E-state index contributed by atoms with van der Waals surface area (Å²) in [5, 5.41) is 11.6. The van der Waals surface area contributed by atoms with Crippen molar-refractivity contribution in [1.29, 1.82) is 0 Å². The largest absolute Gasteiger partial charge is 0.337 e. The highest BCUT2D eigenvalue weighted by atomic mass is 16.5. The van der Waals surface area contributed by atoms with E-state index in [1.54, 1.807) is 6.20 Å². The minimum absolute atomic E-state index is 0.282. The molecule has 0 atom stereocenters. The first-order chi connectivity index (χ1) is 8.31. The molecular formula is C11H15N5O. The van der Waals surface area contributed by atoms with Crippen LogP contribution >= 0.6 is 0 Å². The lowest BCUT2D eigenvalue weighted by Gasteiger charge is -2.34. The number of hydrogen-bond acceptors (Lipinski definition) is 5. The zero-order chi connectivity index (χ0) is 11.7. The van der Waals surface area contributed by atoms with Gasteiger partial charge in [0.2, 0.25) is 0 Å². The lowest BCUT2D eigenvalue weighted by atomic mass is 9.88. The third-order valence-corrected chi connectivity index (χ3v) is 3.30. The molecule has 0 aliphatic carbocycles. The summed E-state index contributed by atoms with van der Waals surface area (Å²) in [6.45, 7) is 3.70. The van der Waals surface area contributed by atoms with Gasteiger partial charge in [-0.15, -0.1) is 0 Å². The Morgan fingerprint density at radius 1 is 1.41 bits per heavy atom. The molecule has 1 N–H and O–H groups in total. The van der Waals surface area contributed by atoms with E-state index >= 15 is 0 Å². The lowest BCUT2D eigenvalue weighted by Crippen LogP contribution is -2.45. The van der Waals surface area contributed by atoms with Gasteiger partial charge in [-0.1, -0.05) is 5.16 Å². The molecule has 1 aliphatic rings. The summed E-state index contributed by atoms with van der Waals surface area (Å²) in [7, 11) is 0. The Morgan fingerprint density at radius 2 is 2.24 bits per heavy atom. The van der Waals surface area contributed by atoms with Crippen LogP contribution in [0.4, 0.5) is 0 Å². The molecule has 0 bridgehead atoms. The first-order valence-corrected chi connectivity index (χ1v) is 5.83. The van der Waals surface area contributed by atoms with E-state index in [9.17, 15) is 0 Å². The van der Waals surface area contributed by atoms with E-state index in [1.807, 2.05) is 23.9 Å². The SMILES string of the molecule is Cc1noc(C2(n3cccn3)CCNCC2)n1. The van der Waals surface area contributed by atoms with E-state index in [1.165, 1.54) is 0 Å². The maximum Gasteiger partial charge on any atom is 0.254 e. The molecule has 0 amide bonds. The van der Waals surface area contributed by atoms with Gasteiger partial charge in [-0.3, -0.25) is 4.68 Å². The van der Waals surface area contributed by atoms with Crippen LogP contribution in [0.5, 0.6) is 0 Å². The summed E-state index contributed by atoms with van der Waals surface area (Å²) in [6.07, 6.45) is 5.57. The summed E-state index contributed by atoms with van der Waals surface area (Å²) in [6, 6.07) is 1.92. The molecule has 6 heteroatoms. The van der Waals surface area contributed by atoms with Crippen molar-refractivity contribution >= 4 is 0 Å². The molecule has 0 radical (unpaired) electrons. The maximum absolute atomic E-state index is 5.38. The van der Waals surface area contributed by atoms with Gasteiger partial charge < -0.3 is 9.84 Å². The molecule has 17 heavy (non-hydrogen) atoms. The highest BCUT2D eigenvalue weighted by Crippen LogP contribution is 2.33. The van der Waals surface area contributed by atoms with Crippen molar-refractivity contribution in [2.45, 2.75) is 25.3 Å². The van der Waals surface area contributed by atoms with Gasteiger partial charge in [-0.25, -0.2) is 0 Å². The van der Waals surface area contributed by atoms with Crippen molar-refractivity contribution < 1.29 is 4.52 Å². The first-order valence-electron chi connectivity index (χ1n) is 5.83. The number of nitrogens with zero attached hydrogens (tertiary/aromatic N) is 4. The number of hydrogen-bond donors (Lipinski definition) is 1. The van der Waals surface area contributed by atoms with Gasteiger partial charge in [0.15, 0.2) is 5.82 Å². The minimum Gasteiger partial charge on any atom is -0.337 e. The van der Waals surface area contributed by atoms with Crippen LogP contribution in [0.15, 0.2) is 23.0 Å². The summed E-state index contributed by atoms with van der Waals surface area (Å²) in [5.41, 5.74) is -0.282. The number of rotatable bonds is 2. The molecular weight excluding hydrogens is 218 g/mol. The monoisotopic (exact) mass is 233 g/mol. The van der Waals surface area contributed by atoms with Crippen LogP contribution in [-0.4, -0.2) is 33.0 Å². The second-order valence-corrected chi connectivity index (χ2v) is 4.38. The Hall–Kier alpha value is -1.69. The molecule has 0 unspecified atom stereocenters.